The van der Waals surface area contributed by atoms with Crippen LogP contribution < -0.4 is 0 Å². The molecule has 1 aromatic rings. The van der Waals surface area contributed by atoms with Crippen LogP contribution in [0.1, 0.15) is 18.0 Å². The van der Waals surface area contributed by atoms with Gasteiger partial charge in [-0.2, -0.15) is 11.8 Å². The molecule has 0 amide bonds. The van der Waals surface area contributed by atoms with Crippen molar-refractivity contribution in [2.45, 2.75) is 12.5 Å². The van der Waals surface area contributed by atoms with Gasteiger partial charge in [0.05, 0.1) is 12.6 Å². The van der Waals surface area contributed by atoms with E-state index in [1.54, 1.807) is 7.11 Å². The lowest BCUT2D eigenvalue weighted by molar-refractivity contribution is 0.181. The summed E-state index contributed by atoms with van der Waals surface area (Å²) in [6.45, 7) is 0.639. The van der Waals surface area contributed by atoms with Crippen molar-refractivity contribution in [3.63, 3.8) is 0 Å². The second kappa shape index (κ2) is 8.36. The van der Waals surface area contributed by atoms with Gasteiger partial charge in [0.2, 0.25) is 0 Å². The third-order valence-electron chi connectivity index (χ3n) is 2.25. The van der Waals surface area contributed by atoms with Crippen molar-refractivity contribution in [1.29, 1.82) is 0 Å². The summed E-state index contributed by atoms with van der Waals surface area (Å²) in [6.07, 6.45) is 5.14. The van der Waals surface area contributed by atoms with Crippen molar-refractivity contribution in [3.8, 4) is 0 Å². The molecule has 0 saturated heterocycles. The van der Waals surface area contributed by atoms with Gasteiger partial charge in [-0.05, 0) is 24.0 Å². The zero-order valence-electron chi connectivity index (χ0n) is 9.93. The number of benzene rings is 1. The van der Waals surface area contributed by atoms with Crippen LogP contribution in [-0.4, -0.2) is 31.9 Å². The summed E-state index contributed by atoms with van der Waals surface area (Å²) < 4.78 is 5.20. The molecule has 88 valence electrons. The van der Waals surface area contributed by atoms with Gasteiger partial charge in [0, 0.05) is 13.3 Å². The fourth-order valence-electron chi connectivity index (χ4n) is 1.43. The van der Waals surface area contributed by atoms with E-state index >= 15 is 0 Å². The Morgan fingerprint density at radius 3 is 2.75 bits per heavy atom. The highest BCUT2D eigenvalue weighted by Crippen LogP contribution is 2.16. The third-order valence-corrected chi connectivity index (χ3v) is 2.89. The Labute approximate surface area is 102 Å². The van der Waals surface area contributed by atoms with Gasteiger partial charge in [-0.25, -0.2) is 0 Å². The van der Waals surface area contributed by atoms with E-state index in [0.717, 1.165) is 12.2 Å². The molecule has 0 fully saturated rings. The van der Waals surface area contributed by atoms with Gasteiger partial charge >= 0.3 is 0 Å². The predicted octanol–water partition coefficient (Wildman–Crippen LogP) is 3.20. The quantitative estimate of drug-likeness (QED) is 0.536. The van der Waals surface area contributed by atoms with Gasteiger partial charge in [-0.1, -0.05) is 30.3 Å². The van der Waals surface area contributed by atoms with E-state index in [9.17, 15) is 0 Å². The molecular formula is C13H19NOS. The molecule has 0 unspecified atom stereocenters. The van der Waals surface area contributed by atoms with E-state index in [-0.39, 0.29) is 6.04 Å². The fraction of sp³-hybridized carbons (Fsp3) is 0.462. The topological polar surface area (TPSA) is 21.6 Å². The van der Waals surface area contributed by atoms with Crippen molar-refractivity contribution in [1.82, 2.24) is 0 Å². The molecule has 0 saturated carbocycles. The molecule has 1 rings (SSSR count). The van der Waals surface area contributed by atoms with Gasteiger partial charge in [-0.15, -0.1) is 0 Å². The van der Waals surface area contributed by atoms with Crippen LogP contribution in [0.5, 0.6) is 0 Å². The first-order valence-electron chi connectivity index (χ1n) is 5.43. The third kappa shape index (κ3) is 4.81. The van der Waals surface area contributed by atoms with Crippen LogP contribution in [0.2, 0.25) is 0 Å². The molecule has 0 aromatic heterocycles. The molecule has 0 aliphatic rings. The van der Waals surface area contributed by atoms with Gasteiger partial charge < -0.3 is 4.74 Å². The van der Waals surface area contributed by atoms with Crippen molar-refractivity contribution < 1.29 is 4.74 Å². The summed E-state index contributed by atoms with van der Waals surface area (Å²) in [5, 5.41) is 0. The van der Waals surface area contributed by atoms with E-state index in [0.29, 0.717) is 6.61 Å². The van der Waals surface area contributed by atoms with Gasteiger partial charge in [-0.3, -0.25) is 4.99 Å². The maximum absolute atomic E-state index is 5.20. The second-order valence-corrected chi connectivity index (χ2v) is 4.48. The Kier molecular flexibility index (Phi) is 6.93. The van der Waals surface area contributed by atoms with E-state index in [2.05, 4.69) is 23.4 Å². The van der Waals surface area contributed by atoms with Crippen molar-refractivity contribution in [2.24, 2.45) is 4.99 Å². The second-order valence-electron chi connectivity index (χ2n) is 3.49. The normalized spacial score (nSPS) is 13.1. The van der Waals surface area contributed by atoms with Crippen molar-refractivity contribution in [3.05, 3.63) is 35.9 Å². The van der Waals surface area contributed by atoms with E-state index in [1.807, 2.05) is 36.2 Å². The average Bonchev–Trinajstić information content (AvgIpc) is 2.34. The number of aliphatic imine (C=N–C) groups is 1. The van der Waals surface area contributed by atoms with Crippen LogP contribution in [0.25, 0.3) is 0 Å². The zero-order valence-corrected chi connectivity index (χ0v) is 10.7. The highest BCUT2D eigenvalue weighted by Gasteiger charge is 2.07. The molecule has 1 atom stereocenters. The molecule has 0 radical (unpaired) electrons. The summed E-state index contributed by atoms with van der Waals surface area (Å²) in [7, 11) is 1.72. The molecule has 0 N–H and O–H groups in total. The number of rotatable bonds is 7. The Morgan fingerprint density at radius 1 is 1.38 bits per heavy atom. The van der Waals surface area contributed by atoms with Crippen LogP contribution in [0.4, 0.5) is 0 Å². The van der Waals surface area contributed by atoms with Crippen LogP contribution in [0.15, 0.2) is 35.3 Å². The molecule has 0 spiro atoms. The minimum atomic E-state index is 0.132. The lowest BCUT2D eigenvalue weighted by Crippen LogP contribution is -2.04. The van der Waals surface area contributed by atoms with E-state index in [4.69, 9.17) is 4.74 Å². The number of thioether (sulfide) groups is 1. The molecule has 16 heavy (non-hydrogen) atoms. The van der Waals surface area contributed by atoms with Gasteiger partial charge in [0.1, 0.15) is 0 Å². The minimum Gasteiger partial charge on any atom is -0.382 e. The Bertz CT molecular complexity index is 300. The number of hydrogen-bond donors (Lipinski definition) is 0. The molecule has 0 aliphatic carbocycles. The number of hydrogen-bond acceptors (Lipinski definition) is 3. The maximum atomic E-state index is 5.20. The molecule has 0 heterocycles. The standard InChI is InChI=1S/C13H19NOS/c1-15-11-13(14-9-6-10-16-2)12-7-4-3-5-8-12/h3-5,7-9,13H,6,10-11H2,1-2H3/t13-/m0/s1. The zero-order chi connectivity index (χ0) is 11.6. The number of nitrogens with zero attached hydrogens (tertiary/aromatic N) is 1. The minimum absolute atomic E-state index is 0.132. The first-order valence-corrected chi connectivity index (χ1v) is 6.82. The summed E-state index contributed by atoms with van der Waals surface area (Å²) in [5.74, 6) is 1.12. The molecule has 1 aromatic carbocycles. The maximum Gasteiger partial charge on any atom is 0.0978 e. The number of methoxy groups -OCH3 is 1. The summed E-state index contributed by atoms with van der Waals surface area (Å²) in [5.41, 5.74) is 1.21. The molecule has 0 aliphatic heterocycles. The van der Waals surface area contributed by atoms with Crippen molar-refractivity contribution in [2.75, 3.05) is 25.7 Å². The predicted molar refractivity (Wildman–Crippen MR) is 72.6 cm³/mol. The molecular weight excluding hydrogens is 218 g/mol. The SMILES string of the molecule is COC[C@H](N=CCCSC)c1ccccc1. The van der Waals surface area contributed by atoms with E-state index in [1.165, 1.54) is 5.56 Å². The largest absolute Gasteiger partial charge is 0.382 e. The fourth-order valence-corrected chi connectivity index (χ4v) is 1.77. The Morgan fingerprint density at radius 2 is 2.12 bits per heavy atom. The van der Waals surface area contributed by atoms with Gasteiger partial charge in [0.25, 0.3) is 0 Å². The first-order chi connectivity index (χ1) is 7.88. The average molecular weight is 237 g/mol. The molecule has 2 nitrogen and oxygen atoms in total. The van der Waals surface area contributed by atoms with E-state index < -0.39 is 0 Å². The van der Waals surface area contributed by atoms with Crippen LogP contribution in [0.3, 0.4) is 0 Å². The lowest BCUT2D eigenvalue weighted by atomic mass is 10.1. The highest BCUT2D eigenvalue weighted by atomic mass is 32.2. The molecule has 0 bridgehead atoms. The smallest absolute Gasteiger partial charge is 0.0978 e. The lowest BCUT2D eigenvalue weighted by Gasteiger charge is -2.11. The highest BCUT2D eigenvalue weighted by molar-refractivity contribution is 7.98. The first kappa shape index (κ1) is 13.3. The van der Waals surface area contributed by atoms with Crippen LogP contribution in [0, 0.1) is 0 Å². The van der Waals surface area contributed by atoms with Crippen LogP contribution in [-0.2, 0) is 4.74 Å². The summed E-state index contributed by atoms with van der Waals surface area (Å²) in [6, 6.07) is 10.4. The van der Waals surface area contributed by atoms with Gasteiger partial charge in [0.15, 0.2) is 0 Å². The van der Waals surface area contributed by atoms with Crippen molar-refractivity contribution >= 4 is 18.0 Å². The Balaban J connectivity index is 2.57. The summed E-state index contributed by atoms with van der Waals surface area (Å²) >= 11 is 1.84. The monoisotopic (exact) mass is 237 g/mol. The Hall–Kier alpha value is -0.800. The molecule has 3 heteroatoms. The van der Waals surface area contributed by atoms with Crippen LogP contribution >= 0.6 is 11.8 Å². The number of ether oxygens (including phenoxy) is 1. The summed E-state index contributed by atoms with van der Waals surface area (Å²) in [4.78, 5) is 4.56.